The summed E-state index contributed by atoms with van der Waals surface area (Å²) >= 11 is 0. The minimum Gasteiger partial charge on any atom is -0.348 e. The fourth-order valence-corrected chi connectivity index (χ4v) is 3.10. The second kappa shape index (κ2) is 6.28. The fraction of sp³-hybridized carbons (Fsp3) is 0.588. The molecule has 3 heterocycles. The van der Waals surface area contributed by atoms with Crippen LogP contribution < -0.4 is 10.6 Å². The van der Waals surface area contributed by atoms with Crippen molar-refractivity contribution < 1.29 is 4.79 Å². The summed E-state index contributed by atoms with van der Waals surface area (Å²) in [6.07, 6.45) is 2.87. The Labute approximate surface area is 136 Å². The van der Waals surface area contributed by atoms with Gasteiger partial charge in [0.05, 0.1) is 17.5 Å². The molecule has 0 aromatic carbocycles. The van der Waals surface area contributed by atoms with Gasteiger partial charge in [-0.15, -0.1) is 0 Å². The lowest BCUT2D eigenvalue weighted by atomic mass is 9.94. The third-order valence-electron chi connectivity index (χ3n) is 4.64. The molecule has 1 aliphatic heterocycles. The Balaban J connectivity index is 1.87. The second-order valence-corrected chi connectivity index (χ2v) is 6.77. The maximum Gasteiger partial charge on any atom is 0.253 e. The Bertz CT molecular complexity index is 721. The van der Waals surface area contributed by atoms with E-state index >= 15 is 0 Å². The van der Waals surface area contributed by atoms with Crippen LogP contribution in [0.25, 0.3) is 11.0 Å². The summed E-state index contributed by atoms with van der Waals surface area (Å²) in [4.78, 5) is 17.3. The molecule has 6 heteroatoms. The zero-order chi connectivity index (χ0) is 16.6. The van der Waals surface area contributed by atoms with Crippen LogP contribution in [0.4, 0.5) is 0 Å². The van der Waals surface area contributed by atoms with E-state index in [1.54, 1.807) is 6.20 Å². The molecule has 0 radical (unpaired) electrons. The number of rotatable bonds is 3. The van der Waals surface area contributed by atoms with Crippen LogP contribution in [0.1, 0.15) is 49.3 Å². The normalized spacial score (nSPS) is 21.8. The fourth-order valence-electron chi connectivity index (χ4n) is 3.10. The minimum absolute atomic E-state index is 0.0465. The van der Waals surface area contributed by atoms with Crippen molar-refractivity contribution in [2.75, 3.05) is 13.1 Å². The van der Waals surface area contributed by atoms with Crippen molar-refractivity contribution in [1.29, 1.82) is 0 Å². The number of aryl methyl sites for hydroxylation is 1. The number of carbonyl (C=O) groups is 1. The summed E-state index contributed by atoms with van der Waals surface area (Å²) in [5.74, 6) is 0.440. The molecular weight excluding hydrogens is 290 g/mol. The molecule has 2 aromatic rings. The molecule has 0 bridgehead atoms. The quantitative estimate of drug-likeness (QED) is 0.909. The highest BCUT2D eigenvalue weighted by Crippen LogP contribution is 2.20. The predicted molar refractivity (Wildman–Crippen MR) is 90.6 cm³/mol. The van der Waals surface area contributed by atoms with Gasteiger partial charge in [0.2, 0.25) is 0 Å². The number of amides is 1. The van der Waals surface area contributed by atoms with E-state index in [2.05, 4.69) is 41.5 Å². The number of fused-ring (bicyclic) bond motifs is 1. The van der Waals surface area contributed by atoms with E-state index in [9.17, 15) is 4.79 Å². The van der Waals surface area contributed by atoms with Crippen LogP contribution in [0.2, 0.25) is 0 Å². The first-order valence-electron chi connectivity index (χ1n) is 8.34. The first kappa shape index (κ1) is 15.9. The van der Waals surface area contributed by atoms with Gasteiger partial charge in [0.15, 0.2) is 5.65 Å². The number of nitrogens with one attached hydrogen (secondary N) is 2. The molecule has 3 rings (SSSR count). The average molecular weight is 315 g/mol. The molecule has 2 atom stereocenters. The van der Waals surface area contributed by atoms with Crippen molar-refractivity contribution in [3.8, 4) is 0 Å². The van der Waals surface area contributed by atoms with Gasteiger partial charge in [-0.25, -0.2) is 9.67 Å². The molecule has 0 spiro atoms. The van der Waals surface area contributed by atoms with Crippen molar-refractivity contribution >= 4 is 16.9 Å². The topological polar surface area (TPSA) is 71.8 Å². The molecule has 6 nitrogen and oxygen atoms in total. The Hall–Kier alpha value is -1.95. The van der Waals surface area contributed by atoms with Gasteiger partial charge in [-0.2, -0.15) is 5.10 Å². The van der Waals surface area contributed by atoms with E-state index in [1.807, 2.05) is 17.7 Å². The van der Waals surface area contributed by atoms with Crippen molar-refractivity contribution in [1.82, 2.24) is 25.4 Å². The first-order valence-corrected chi connectivity index (χ1v) is 8.34. The first-order chi connectivity index (χ1) is 11.0. The lowest BCUT2D eigenvalue weighted by Gasteiger charge is -2.30. The van der Waals surface area contributed by atoms with Gasteiger partial charge in [-0.05, 0) is 45.7 Å². The SMILES string of the molecule is Cc1nc2c(cnn2C(C)C)cc1C(=O)NC1CNCCC1C. The highest BCUT2D eigenvalue weighted by atomic mass is 16.1. The molecular formula is C17H25N5O. The third-order valence-corrected chi connectivity index (χ3v) is 4.64. The summed E-state index contributed by atoms with van der Waals surface area (Å²) < 4.78 is 1.89. The van der Waals surface area contributed by atoms with Gasteiger partial charge < -0.3 is 10.6 Å². The summed E-state index contributed by atoms with van der Waals surface area (Å²) in [5.41, 5.74) is 2.22. The molecule has 1 amide bonds. The standard InChI is InChI=1S/C17H25N5O/c1-10(2)22-16-13(8-19-22)7-14(12(4)20-16)17(23)21-15-9-18-6-5-11(15)3/h7-8,10-11,15,18H,5-6,9H2,1-4H3,(H,21,23). The number of nitrogens with zero attached hydrogens (tertiary/aromatic N) is 3. The monoisotopic (exact) mass is 315 g/mol. The number of piperidine rings is 1. The van der Waals surface area contributed by atoms with Crippen molar-refractivity contribution in [3.05, 3.63) is 23.5 Å². The van der Waals surface area contributed by atoms with Crippen LogP contribution >= 0.6 is 0 Å². The van der Waals surface area contributed by atoms with Gasteiger partial charge in [0, 0.05) is 24.0 Å². The number of hydrogen-bond acceptors (Lipinski definition) is 4. The largest absolute Gasteiger partial charge is 0.348 e. The lowest BCUT2D eigenvalue weighted by Crippen LogP contribution is -2.50. The Kier molecular flexibility index (Phi) is 4.35. The molecule has 1 saturated heterocycles. The van der Waals surface area contributed by atoms with E-state index in [-0.39, 0.29) is 18.0 Å². The highest BCUT2D eigenvalue weighted by molar-refractivity contribution is 5.98. The van der Waals surface area contributed by atoms with Crippen LogP contribution in [0.15, 0.2) is 12.3 Å². The van der Waals surface area contributed by atoms with E-state index < -0.39 is 0 Å². The average Bonchev–Trinajstić information content (AvgIpc) is 2.91. The molecule has 1 fully saturated rings. The van der Waals surface area contributed by atoms with Gasteiger partial charge in [-0.3, -0.25) is 4.79 Å². The predicted octanol–water partition coefficient (Wildman–Crippen LogP) is 2.05. The van der Waals surface area contributed by atoms with E-state index in [4.69, 9.17) is 0 Å². The summed E-state index contributed by atoms with van der Waals surface area (Å²) in [7, 11) is 0. The minimum atomic E-state index is -0.0465. The molecule has 23 heavy (non-hydrogen) atoms. The van der Waals surface area contributed by atoms with Crippen molar-refractivity contribution in [3.63, 3.8) is 0 Å². The highest BCUT2D eigenvalue weighted by Gasteiger charge is 2.24. The summed E-state index contributed by atoms with van der Waals surface area (Å²) in [6.45, 7) is 10.1. The molecule has 2 unspecified atom stereocenters. The number of hydrogen-bond donors (Lipinski definition) is 2. The second-order valence-electron chi connectivity index (χ2n) is 6.77. The van der Waals surface area contributed by atoms with Gasteiger partial charge in [0.25, 0.3) is 5.91 Å². The molecule has 0 saturated carbocycles. The Morgan fingerprint density at radius 1 is 1.48 bits per heavy atom. The third kappa shape index (κ3) is 3.08. The zero-order valence-corrected chi connectivity index (χ0v) is 14.3. The van der Waals surface area contributed by atoms with E-state index in [1.165, 1.54) is 0 Å². The zero-order valence-electron chi connectivity index (χ0n) is 14.3. The molecule has 0 aliphatic carbocycles. The van der Waals surface area contributed by atoms with E-state index in [0.29, 0.717) is 11.5 Å². The number of aromatic nitrogens is 3. The smallest absolute Gasteiger partial charge is 0.253 e. The maximum absolute atomic E-state index is 12.7. The number of carbonyl (C=O) groups excluding carboxylic acids is 1. The molecule has 124 valence electrons. The van der Waals surface area contributed by atoms with Gasteiger partial charge in [-0.1, -0.05) is 6.92 Å². The van der Waals surface area contributed by atoms with Crippen LogP contribution in [-0.4, -0.2) is 39.8 Å². The van der Waals surface area contributed by atoms with E-state index in [0.717, 1.165) is 36.2 Å². The Morgan fingerprint density at radius 2 is 2.26 bits per heavy atom. The van der Waals surface area contributed by atoms with Crippen LogP contribution in [-0.2, 0) is 0 Å². The summed E-state index contributed by atoms with van der Waals surface area (Å²) in [6, 6.07) is 2.32. The van der Waals surface area contributed by atoms with Crippen LogP contribution in [0.3, 0.4) is 0 Å². The molecule has 2 aromatic heterocycles. The van der Waals surface area contributed by atoms with Gasteiger partial charge >= 0.3 is 0 Å². The van der Waals surface area contributed by atoms with Crippen molar-refractivity contribution in [2.45, 2.75) is 46.2 Å². The van der Waals surface area contributed by atoms with Crippen LogP contribution in [0, 0.1) is 12.8 Å². The van der Waals surface area contributed by atoms with Crippen molar-refractivity contribution in [2.24, 2.45) is 5.92 Å². The van der Waals surface area contributed by atoms with Gasteiger partial charge in [0.1, 0.15) is 0 Å². The Morgan fingerprint density at radius 3 is 2.96 bits per heavy atom. The lowest BCUT2D eigenvalue weighted by molar-refractivity contribution is 0.0914. The number of pyridine rings is 1. The molecule has 1 aliphatic rings. The maximum atomic E-state index is 12.7. The summed E-state index contributed by atoms with van der Waals surface area (Å²) in [5, 5.41) is 11.8. The van der Waals surface area contributed by atoms with Crippen LogP contribution in [0.5, 0.6) is 0 Å². The molecule has 2 N–H and O–H groups in total.